The zero-order valence-electron chi connectivity index (χ0n) is 10.7. The lowest BCUT2D eigenvalue weighted by atomic mass is 9.64. The van der Waals surface area contributed by atoms with Crippen LogP contribution < -0.4 is 10.9 Å². The van der Waals surface area contributed by atoms with Crippen molar-refractivity contribution in [2.45, 2.75) is 0 Å². The van der Waals surface area contributed by atoms with Crippen molar-refractivity contribution in [1.29, 1.82) is 0 Å². The van der Waals surface area contributed by atoms with E-state index in [0.717, 1.165) is 12.1 Å². The van der Waals surface area contributed by atoms with Crippen molar-refractivity contribution in [2.75, 3.05) is 28.4 Å². The van der Waals surface area contributed by atoms with Gasteiger partial charge >= 0.3 is 14.2 Å². The molecule has 0 saturated carbocycles. The normalized spacial score (nSPS) is 10.6. The summed E-state index contributed by atoms with van der Waals surface area (Å²) in [4.78, 5) is 0. The minimum Gasteiger partial charge on any atom is -0.410 e. The Balaban J connectivity index is 3.41. The van der Waals surface area contributed by atoms with Gasteiger partial charge in [-0.2, -0.15) is 0 Å². The summed E-state index contributed by atoms with van der Waals surface area (Å²) in [6.45, 7) is 0. The van der Waals surface area contributed by atoms with Crippen LogP contribution >= 0.6 is 0 Å². The molecule has 0 N–H and O–H groups in total. The van der Waals surface area contributed by atoms with Crippen LogP contribution in [0.2, 0.25) is 0 Å². The predicted octanol–water partition coefficient (Wildman–Crippen LogP) is -0.0592. The van der Waals surface area contributed by atoms with E-state index < -0.39 is 25.9 Å². The Labute approximate surface area is 105 Å². The van der Waals surface area contributed by atoms with Gasteiger partial charge in [0.05, 0.1) is 0 Å². The smallest absolute Gasteiger partial charge is 0.410 e. The number of halogens is 2. The molecular weight excluding hydrogens is 244 g/mol. The van der Waals surface area contributed by atoms with E-state index in [0.29, 0.717) is 0 Å². The molecule has 0 aliphatic rings. The molecule has 4 nitrogen and oxygen atoms in total. The fourth-order valence-corrected chi connectivity index (χ4v) is 1.73. The number of rotatable bonds is 6. The van der Waals surface area contributed by atoms with Crippen LogP contribution in [0.15, 0.2) is 12.1 Å². The van der Waals surface area contributed by atoms with Crippen molar-refractivity contribution < 1.29 is 27.4 Å². The van der Waals surface area contributed by atoms with Crippen LogP contribution in [-0.2, 0) is 18.6 Å². The first-order valence-corrected chi connectivity index (χ1v) is 5.19. The van der Waals surface area contributed by atoms with Gasteiger partial charge in [-0.15, -0.1) is 0 Å². The zero-order chi connectivity index (χ0) is 13.7. The highest BCUT2D eigenvalue weighted by molar-refractivity contribution is 6.73. The molecule has 0 heterocycles. The van der Waals surface area contributed by atoms with E-state index >= 15 is 0 Å². The molecule has 0 amide bonds. The SMILES string of the molecule is COB(OC)c1c(F)ccc(F)c1B(OC)OC. The van der Waals surface area contributed by atoms with Gasteiger partial charge in [0, 0.05) is 39.4 Å². The van der Waals surface area contributed by atoms with E-state index in [2.05, 4.69) is 0 Å². The molecule has 0 aromatic heterocycles. The molecule has 0 saturated heterocycles. The number of hydrogen-bond acceptors (Lipinski definition) is 4. The maximum atomic E-state index is 13.8. The van der Waals surface area contributed by atoms with Crippen molar-refractivity contribution >= 4 is 25.2 Å². The predicted molar refractivity (Wildman–Crippen MR) is 65.2 cm³/mol. The second-order valence-corrected chi connectivity index (χ2v) is 3.46. The second-order valence-electron chi connectivity index (χ2n) is 3.46. The van der Waals surface area contributed by atoms with Gasteiger partial charge in [0.1, 0.15) is 11.6 Å². The molecule has 0 aliphatic carbocycles. The summed E-state index contributed by atoms with van der Waals surface area (Å²) in [5, 5.41) is 0. The average Bonchev–Trinajstić information content (AvgIpc) is 2.38. The Morgan fingerprint density at radius 2 is 1.00 bits per heavy atom. The lowest BCUT2D eigenvalue weighted by Crippen LogP contribution is -2.55. The Kier molecular flexibility index (Phi) is 5.74. The van der Waals surface area contributed by atoms with E-state index in [-0.39, 0.29) is 10.9 Å². The number of hydrogen-bond donors (Lipinski definition) is 0. The van der Waals surface area contributed by atoms with Crippen molar-refractivity contribution in [1.82, 2.24) is 0 Å². The Bertz CT molecular complexity index is 361. The highest BCUT2D eigenvalue weighted by atomic mass is 19.1. The van der Waals surface area contributed by atoms with Crippen molar-refractivity contribution in [3.8, 4) is 0 Å². The standard InChI is InChI=1S/C10H14B2F2O4/c1-15-11(16-2)9-7(13)5-6-8(14)10(9)12(17-3)18-4/h5-6H,1-4H3. The van der Waals surface area contributed by atoms with E-state index in [1.54, 1.807) is 0 Å². The van der Waals surface area contributed by atoms with Crippen LogP contribution in [0.3, 0.4) is 0 Å². The molecule has 0 atom stereocenters. The summed E-state index contributed by atoms with van der Waals surface area (Å²) >= 11 is 0. The molecule has 0 fully saturated rings. The summed E-state index contributed by atoms with van der Waals surface area (Å²) in [6, 6.07) is 2.00. The Hall–Kier alpha value is -0.950. The summed E-state index contributed by atoms with van der Waals surface area (Å²) in [5.74, 6) is -1.31. The monoisotopic (exact) mass is 258 g/mol. The van der Waals surface area contributed by atoms with Gasteiger partial charge in [0.15, 0.2) is 0 Å². The fourth-order valence-electron chi connectivity index (χ4n) is 1.73. The first kappa shape index (κ1) is 15.1. The summed E-state index contributed by atoms with van der Waals surface area (Å²) < 4.78 is 47.5. The van der Waals surface area contributed by atoms with Gasteiger partial charge in [-0.25, -0.2) is 8.78 Å². The third-order valence-electron chi connectivity index (χ3n) is 2.51. The maximum absolute atomic E-state index is 13.8. The van der Waals surface area contributed by atoms with E-state index in [9.17, 15) is 8.78 Å². The molecule has 0 spiro atoms. The highest BCUT2D eigenvalue weighted by Crippen LogP contribution is 2.03. The van der Waals surface area contributed by atoms with Gasteiger partial charge in [0.25, 0.3) is 0 Å². The molecule has 8 heteroatoms. The first-order valence-electron chi connectivity index (χ1n) is 5.19. The third kappa shape index (κ3) is 2.89. The topological polar surface area (TPSA) is 36.9 Å². The van der Waals surface area contributed by atoms with Crippen LogP contribution in [0, 0.1) is 11.6 Å². The van der Waals surface area contributed by atoms with Crippen molar-refractivity contribution in [2.24, 2.45) is 0 Å². The largest absolute Gasteiger partial charge is 0.496 e. The minimum atomic E-state index is -1.04. The lowest BCUT2D eigenvalue weighted by Gasteiger charge is -2.18. The molecular formula is C10H14B2F2O4. The molecule has 1 rings (SSSR count). The molecule has 1 aromatic rings. The van der Waals surface area contributed by atoms with Crippen LogP contribution in [0.1, 0.15) is 0 Å². The quantitative estimate of drug-likeness (QED) is 0.670. The van der Waals surface area contributed by atoms with Crippen molar-refractivity contribution in [3.63, 3.8) is 0 Å². The number of benzene rings is 1. The van der Waals surface area contributed by atoms with Crippen LogP contribution in [0.4, 0.5) is 8.78 Å². The van der Waals surface area contributed by atoms with Gasteiger partial charge in [-0.1, -0.05) is 0 Å². The molecule has 1 aromatic carbocycles. The Morgan fingerprint density at radius 1 is 0.722 bits per heavy atom. The van der Waals surface area contributed by atoms with Crippen LogP contribution in [-0.4, -0.2) is 42.7 Å². The van der Waals surface area contributed by atoms with E-state index in [1.165, 1.54) is 28.4 Å². The van der Waals surface area contributed by atoms with Crippen LogP contribution in [0.25, 0.3) is 0 Å². The van der Waals surface area contributed by atoms with Gasteiger partial charge in [0.2, 0.25) is 0 Å². The zero-order valence-corrected chi connectivity index (χ0v) is 10.7. The first-order chi connectivity index (χ1) is 8.60. The third-order valence-corrected chi connectivity index (χ3v) is 2.51. The van der Waals surface area contributed by atoms with Gasteiger partial charge in [-0.05, 0) is 12.1 Å². The summed E-state index contributed by atoms with van der Waals surface area (Å²) in [7, 11) is 3.24. The van der Waals surface area contributed by atoms with Crippen LogP contribution in [0.5, 0.6) is 0 Å². The minimum absolute atomic E-state index is 0.0753. The fraction of sp³-hybridized carbons (Fsp3) is 0.400. The second kappa shape index (κ2) is 6.84. The summed E-state index contributed by atoms with van der Waals surface area (Å²) in [6.07, 6.45) is 0. The molecule has 0 bridgehead atoms. The lowest BCUT2D eigenvalue weighted by molar-refractivity contribution is 0.285. The highest BCUT2D eigenvalue weighted by Gasteiger charge is 2.35. The van der Waals surface area contributed by atoms with Gasteiger partial charge in [-0.3, -0.25) is 0 Å². The molecule has 98 valence electrons. The maximum Gasteiger partial charge on any atom is 0.496 e. The molecule has 0 radical (unpaired) electrons. The van der Waals surface area contributed by atoms with E-state index in [4.69, 9.17) is 18.6 Å². The van der Waals surface area contributed by atoms with Gasteiger partial charge < -0.3 is 18.6 Å². The average molecular weight is 258 g/mol. The van der Waals surface area contributed by atoms with Crippen molar-refractivity contribution in [3.05, 3.63) is 23.8 Å². The Morgan fingerprint density at radius 3 is 1.22 bits per heavy atom. The molecule has 0 unspecified atom stereocenters. The molecule has 18 heavy (non-hydrogen) atoms. The molecule has 0 aliphatic heterocycles. The summed E-state index contributed by atoms with van der Waals surface area (Å²) in [5.41, 5.74) is -0.151. The van der Waals surface area contributed by atoms with E-state index in [1.807, 2.05) is 0 Å².